The molecule has 1 fully saturated rings. The van der Waals surface area contributed by atoms with Crippen LogP contribution in [0.5, 0.6) is 0 Å². The van der Waals surface area contributed by atoms with Gasteiger partial charge in [-0.2, -0.15) is 0 Å². The summed E-state index contributed by atoms with van der Waals surface area (Å²) in [7, 11) is 0. The topological polar surface area (TPSA) is 62.5 Å². The van der Waals surface area contributed by atoms with E-state index in [4.69, 9.17) is 0 Å². The molecule has 0 aromatic carbocycles. The third-order valence-corrected chi connectivity index (χ3v) is 4.11. The molecule has 6 heteroatoms. The van der Waals surface area contributed by atoms with Gasteiger partial charge in [0, 0.05) is 45.2 Å². The van der Waals surface area contributed by atoms with Gasteiger partial charge >= 0.3 is 0 Å². The van der Waals surface area contributed by atoms with Crippen LogP contribution in [0.25, 0.3) is 5.65 Å². The highest BCUT2D eigenvalue weighted by atomic mass is 16.2. The van der Waals surface area contributed by atoms with Gasteiger partial charge in [-0.15, -0.1) is 10.2 Å². The quantitative estimate of drug-likeness (QED) is 0.906. The average molecular weight is 287 g/mol. The fraction of sp³-hybridized carbons (Fsp3) is 0.533. The van der Waals surface area contributed by atoms with Crippen molar-refractivity contribution >= 4 is 11.6 Å². The molecule has 2 aromatic heterocycles. The SMILES string of the molecule is CC(=O)N1CCC(NCCc2nnc3ccccn23)CC1. The van der Waals surface area contributed by atoms with E-state index in [-0.39, 0.29) is 5.91 Å². The van der Waals surface area contributed by atoms with Gasteiger partial charge in [-0.25, -0.2) is 0 Å². The molecule has 3 heterocycles. The predicted octanol–water partition coefficient (Wildman–Crippen LogP) is 0.872. The Morgan fingerprint density at radius 1 is 1.33 bits per heavy atom. The van der Waals surface area contributed by atoms with Gasteiger partial charge in [0.2, 0.25) is 5.91 Å². The molecule has 21 heavy (non-hydrogen) atoms. The second kappa shape index (κ2) is 6.22. The zero-order chi connectivity index (χ0) is 14.7. The first-order valence-electron chi connectivity index (χ1n) is 7.51. The number of carbonyl (C=O) groups is 1. The van der Waals surface area contributed by atoms with E-state index in [1.807, 2.05) is 33.7 Å². The lowest BCUT2D eigenvalue weighted by Gasteiger charge is -2.31. The summed E-state index contributed by atoms with van der Waals surface area (Å²) in [5.41, 5.74) is 0.891. The first kappa shape index (κ1) is 14.0. The van der Waals surface area contributed by atoms with Crippen molar-refractivity contribution in [2.24, 2.45) is 0 Å². The second-order valence-corrected chi connectivity index (χ2v) is 5.53. The fourth-order valence-corrected chi connectivity index (χ4v) is 2.85. The summed E-state index contributed by atoms with van der Waals surface area (Å²) < 4.78 is 2.03. The molecule has 0 unspecified atom stereocenters. The Balaban J connectivity index is 1.48. The Hall–Kier alpha value is -1.95. The second-order valence-electron chi connectivity index (χ2n) is 5.53. The Morgan fingerprint density at radius 2 is 2.14 bits per heavy atom. The molecule has 1 N–H and O–H groups in total. The maximum Gasteiger partial charge on any atom is 0.219 e. The standard InChI is InChI=1S/C15H21N5O/c1-12(21)19-10-6-13(7-11-19)16-8-5-15-18-17-14-4-2-3-9-20(14)15/h2-4,9,13,16H,5-8,10-11H2,1H3. The van der Waals surface area contributed by atoms with Crippen molar-refractivity contribution in [2.45, 2.75) is 32.2 Å². The van der Waals surface area contributed by atoms with Crippen molar-refractivity contribution in [3.8, 4) is 0 Å². The number of pyridine rings is 1. The molecule has 0 bridgehead atoms. The lowest BCUT2D eigenvalue weighted by molar-refractivity contribution is -0.129. The van der Waals surface area contributed by atoms with E-state index in [1.165, 1.54) is 0 Å². The Bertz CT molecular complexity index is 615. The van der Waals surface area contributed by atoms with Crippen LogP contribution in [0.3, 0.4) is 0 Å². The minimum Gasteiger partial charge on any atom is -0.343 e. The van der Waals surface area contributed by atoms with E-state index in [1.54, 1.807) is 6.92 Å². The van der Waals surface area contributed by atoms with Crippen LogP contribution >= 0.6 is 0 Å². The Labute approximate surface area is 124 Å². The molecule has 0 atom stereocenters. The highest BCUT2D eigenvalue weighted by Crippen LogP contribution is 2.10. The molecule has 0 saturated carbocycles. The number of nitrogens with zero attached hydrogens (tertiary/aromatic N) is 4. The van der Waals surface area contributed by atoms with E-state index in [2.05, 4.69) is 15.5 Å². The Morgan fingerprint density at radius 3 is 2.90 bits per heavy atom. The smallest absolute Gasteiger partial charge is 0.219 e. The molecule has 1 amide bonds. The van der Waals surface area contributed by atoms with Crippen molar-refractivity contribution in [3.05, 3.63) is 30.2 Å². The maximum absolute atomic E-state index is 11.3. The van der Waals surface area contributed by atoms with E-state index >= 15 is 0 Å². The number of aromatic nitrogens is 3. The van der Waals surface area contributed by atoms with Crippen molar-refractivity contribution in [3.63, 3.8) is 0 Å². The van der Waals surface area contributed by atoms with Crippen molar-refractivity contribution in [1.29, 1.82) is 0 Å². The van der Waals surface area contributed by atoms with Crippen molar-refractivity contribution in [1.82, 2.24) is 24.8 Å². The number of hydrogen-bond donors (Lipinski definition) is 1. The number of rotatable bonds is 4. The number of likely N-dealkylation sites (tertiary alicyclic amines) is 1. The molecule has 3 rings (SSSR count). The van der Waals surface area contributed by atoms with Gasteiger partial charge in [-0.1, -0.05) is 6.07 Å². The lowest BCUT2D eigenvalue weighted by atomic mass is 10.0. The van der Waals surface area contributed by atoms with E-state index < -0.39 is 0 Å². The van der Waals surface area contributed by atoms with Crippen LogP contribution in [-0.2, 0) is 11.2 Å². The summed E-state index contributed by atoms with van der Waals surface area (Å²) in [6, 6.07) is 6.42. The van der Waals surface area contributed by atoms with Crippen LogP contribution in [0.4, 0.5) is 0 Å². The van der Waals surface area contributed by atoms with Gasteiger partial charge < -0.3 is 10.2 Å². The molecule has 6 nitrogen and oxygen atoms in total. The summed E-state index contributed by atoms with van der Waals surface area (Å²) in [6.07, 6.45) is 4.91. The largest absolute Gasteiger partial charge is 0.343 e. The summed E-state index contributed by atoms with van der Waals surface area (Å²) in [5.74, 6) is 1.17. The minimum absolute atomic E-state index is 0.184. The van der Waals surface area contributed by atoms with Crippen molar-refractivity contribution < 1.29 is 4.79 Å². The monoisotopic (exact) mass is 287 g/mol. The highest BCUT2D eigenvalue weighted by molar-refractivity contribution is 5.73. The van der Waals surface area contributed by atoms with E-state index in [9.17, 15) is 4.79 Å². The molecule has 112 valence electrons. The maximum atomic E-state index is 11.3. The van der Waals surface area contributed by atoms with Gasteiger partial charge in [0.05, 0.1) is 0 Å². The molecule has 1 saturated heterocycles. The summed E-state index contributed by atoms with van der Waals surface area (Å²) in [4.78, 5) is 13.2. The molecule has 0 aliphatic carbocycles. The van der Waals surface area contributed by atoms with Gasteiger partial charge in [0.25, 0.3) is 0 Å². The van der Waals surface area contributed by atoms with Crippen LogP contribution < -0.4 is 5.32 Å². The number of nitrogens with one attached hydrogen (secondary N) is 1. The van der Waals surface area contributed by atoms with Crippen LogP contribution in [0, 0.1) is 0 Å². The van der Waals surface area contributed by atoms with Gasteiger partial charge in [0.1, 0.15) is 5.82 Å². The Kier molecular flexibility index (Phi) is 4.15. The van der Waals surface area contributed by atoms with Gasteiger partial charge in [0.15, 0.2) is 5.65 Å². The number of piperidine rings is 1. The van der Waals surface area contributed by atoms with Crippen molar-refractivity contribution in [2.75, 3.05) is 19.6 Å². The predicted molar refractivity (Wildman–Crippen MR) is 80.0 cm³/mol. The summed E-state index contributed by atoms with van der Waals surface area (Å²) in [6.45, 7) is 4.26. The highest BCUT2D eigenvalue weighted by Gasteiger charge is 2.20. The average Bonchev–Trinajstić information content (AvgIpc) is 2.91. The lowest BCUT2D eigenvalue weighted by Crippen LogP contribution is -2.44. The number of hydrogen-bond acceptors (Lipinski definition) is 4. The summed E-state index contributed by atoms with van der Waals surface area (Å²) in [5, 5.41) is 12.0. The zero-order valence-corrected chi connectivity index (χ0v) is 12.3. The van der Waals surface area contributed by atoms with E-state index in [0.717, 1.165) is 50.4 Å². The molecule has 0 spiro atoms. The number of amides is 1. The van der Waals surface area contributed by atoms with Gasteiger partial charge in [-0.3, -0.25) is 9.20 Å². The minimum atomic E-state index is 0.184. The van der Waals surface area contributed by atoms with Crippen LogP contribution in [0.15, 0.2) is 24.4 Å². The molecule has 2 aromatic rings. The first-order chi connectivity index (χ1) is 10.2. The van der Waals surface area contributed by atoms with Crippen LogP contribution in [0.2, 0.25) is 0 Å². The summed E-state index contributed by atoms with van der Waals surface area (Å²) >= 11 is 0. The molecular formula is C15H21N5O. The first-order valence-corrected chi connectivity index (χ1v) is 7.51. The molecule has 1 aliphatic rings. The van der Waals surface area contributed by atoms with Crippen LogP contribution in [0.1, 0.15) is 25.6 Å². The third kappa shape index (κ3) is 3.21. The van der Waals surface area contributed by atoms with E-state index in [0.29, 0.717) is 6.04 Å². The zero-order valence-electron chi connectivity index (χ0n) is 12.3. The van der Waals surface area contributed by atoms with Crippen LogP contribution in [-0.4, -0.2) is 51.1 Å². The number of fused-ring (bicyclic) bond motifs is 1. The van der Waals surface area contributed by atoms with Gasteiger partial charge in [-0.05, 0) is 25.0 Å². The number of carbonyl (C=O) groups excluding carboxylic acids is 1. The third-order valence-electron chi connectivity index (χ3n) is 4.11. The molecule has 1 aliphatic heterocycles. The normalized spacial score (nSPS) is 16.5. The molecular weight excluding hydrogens is 266 g/mol. The fourth-order valence-electron chi connectivity index (χ4n) is 2.85. The molecule has 0 radical (unpaired) electrons.